The fourth-order valence-corrected chi connectivity index (χ4v) is 5.70. The lowest BCUT2D eigenvalue weighted by Crippen LogP contribution is -2.56. The van der Waals surface area contributed by atoms with Crippen molar-refractivity contribution in [2.24, 2.45) is 0 Å². The summed E-state index contributed by atoms with van der Waals surface area (Å²) in [5, 5.41) is 22.1. The number of nitrogens with zero attached hydrogens (tertiary/aromatic N) is 6. The maximum atomic E-state index is 13.4. The first kappa shape index (κ1) is 27.7. The lowest BCUT2D eigenvalue weighted by atomic mass is 10.0. The molecule has 1 fully saturated rings. The van der Waals surface area contributed by atoms with E-state index < -0.39 is 0 Å². The van der Waals surface area contributed by atoms with E-state index in [0.29, 0.717) is 47.8 Å². The summed E-state index contributed by atoms with van der Waals surface area (Å²) >= 11 is 1.61. The number of carbonyl (C=O) groups excluding carboxylic acids is 2. The van der Waals surface area contributed by atoms with Crippen molar-refractivity contribution in [3.63, 3.8) is 0 Å². The molecule has 3 N–H and O–H groups in total. The van der Waals surface area contributed by atoms with Crippen LogP contribution < -0.4 is 15.5 Å². The van der Waals surface area contributed by atoms with Crippen LogP contribution in [0.15, 0.2) is 48.1 Å². The molecule has 0 spiro atoms. The summed E-state index contributed by atoms with van der Waals surface area (Å²) < 4.78 is 1.69. The van der Waals surface area contributed by atoms with Gasteiger partial charge in [0.2, 0.25) is 5.91 Å². The monoisotopic (exact) mass is 562 g/mol. The lowest BCUT2D eigenvalue weighted by molar-refractivity contribution is -0.123. The normalized spacial score (nSPS) is 15.7. The van der Waals surface area contributed by atoms with E-state index in [4.69, 9.17) is 9.97 Å². The Hall–Kier alpha value is -3.87. The smallest absolute Gasteiger partial charge is 0.251 e. The second kappa shape index (κ2) is 12.1. The van der Waals surface area contributed by atoms with Gasteiger partial charge in [0.15, 0.2) is 5.65 Å². The Morgan fingerprint density at radius 3 is 2.67 bits per heavy atom. The molecule has 4 aromatic heterocycles. The molecule has 5 rings (SSSR count). The summed E-state index contributed by atoms with van der Waals surface area (Å²) in [6.07, 6.45) is 4.26. The van der Waals surface area contributed by atoms with Crippen LogP contribution in [-0.4, -0.2) is 93.3 Å². The molecule has 40 heavy (non-hydrogen) atoms. The highest BCUT2D eigenvalue weighted by atomic mass is 32.1. The van der Waals surface area contributed by atoms with Gasteiger partial charge in [0.1, 0.15) is 11.9 Å². The number of anilines is 1. The van der Waals surface area contributed by atoms with Crippen LogP contribution >= 0.6 is 11.3 Å². The van der Waals surface area contributed by atoms with Crippen LogP contribution in [0.4, 0.5) is 5.82 Å². The van der Waals surface area contributed by atoms with E-state index in [1.165, 1.54) is 0 Å². The molecule has 0 radical (unpaired) electrons. The number of amides is 2. The number of hydrogen-bond donors (Lipinski definition) is 3. The van der Waals surface area contributed by atoms with Crippen molar-refractivity contribution in [2.45, 2.75) is 32.4 Å². The van der Waals surface area contributed by atoms with Gasteiger partial charge in [-0.25, -0.2) is 14.5 Å². The molecule has 11 nitrogen and oxygen atoms in total. The van der Waals surface area contributed by atoms with Gasteiger partial charge in [-0.15, -0.1) is 11.3 Å². The number of nitrogens with one attached hydrogen (secondary N) is 2. The molecule has 2 amide bonds. The van der Waals surface area contributed by atoms with Gasteiger partial charge in [-0.3, -0.25) is 14.5 Å². The van der Waals surface area contributed by atoms with Crippen LogP contribution in [0, 0.1) is 0 Å². The first-order chi connectivity index (χ1) is 19.5. The minimum atomic E-state index is -0.349. The fourth-order valence-electron chi connectivity index (χ4n) is 5.01. The van der Waals surface area contributed by atoms with E-state index >= 15 is 0 Å². The molecule has 210 valence electrons. The number of aliphatic hydroxyl groups is 1. The molecule has 0 aromatic carbocycles. The third-order valence-corrected chi connectivity index (χ3v) is 8.29. The van der Waals surface area contributed by atoms with E-state index in [9.17, 15) is 14.7 Å². The molecular formula is C28H34N8O3S. The lowest BCUT2D eigenvalue weighted by Gasteiger charge is -2.40. The number of fused-ring (bicyclic) bond motifs is 1. The third-order valence-electron chi connectivity index (χ3n) is 7.39. The van der Waals surface area contributed by atoms with Crippen LogP contribution in [-0.2, 0) is 4.79 Å². The van der Waals surface area contributed by atoms with Gasteiger partial charge in [-0.1, -0.05) is 19.9 Å². The first-order valence-corrected chi connectivity index (χ1v) is 14.4. The van der Waals surface area contributed by atoms with Crippen molar-refractivity contribution in [3.05, 3.63) is 53.7 Å². The number of hydrogen-bond acceptors (Lipinski definition) is 9. The molecule has 5 heterocycles. The summed E-state index contributed by atoms with van der Waals surface area (Å²) in [7, 11) is 1.62. The van der Waals surface area contributed by atoms with Crippen LogP contribution in [0.5, 0.6) is 0 Å². The molecule has 0 unspecified atom stereocenters. The third kappa shape index (κ3) is 5.42. The van der Waals surface area contributed by atoms with Crippen molar-refractivity contribution in [2.75, 3.05) is 44.7 Å². The van der Waals surface area contributed by atoms with Crippen LogP contribution in [0.2, 0.25) is 0 Å². The highest BCUT2D eigenvalue weighted by Gasteiger charge is 2.35. The van der Waals surface area contributed by atoms with Crippen LogP contribution in [0.25, 0.3) is 27.5 Å². The van der Waals surface area contributed by atoms with E-state index in [0.717, 1.165) is 23.7 Å². The molecule has 0 saturated carbocycles. The molecule has 4 aromatic rings. The van der Waals surface area contributed by atoms with Gasteiger partial charge in [-0.05, 0) is 49.2 Å². The highest BCUT2D eigenvalue weighted by molar-refractivity contribution is 7.13. The summed E-state index contributed by atoms with van der Waals surface area (Å²) in [6, 6.07) is 8.83. The molecule has 0 bridgehead atoms. The summed E-state index contributed by atoms with van der Waals surface area (Å²) in [5.74, 6) is 0.169. The Labute approximate surface area is 236 Å². The molecule has 0 aliphatic carbocycles. The number of thiophene rings is 1. The Balaban J connectivity index is 1.52. The quantitative estimate of drug-likeness (QED) is 0.254. The zero-order chi connectivity index (χ0) is 28.2. The summed E-state index contributed by atoms with van der Waals surface area (Å²) in [6.45, 7) is 6.49. The van der Waals surface area contributed by atoms with Gasteiger partial charge in [0, 0.05) is 31.9 Å². The summed E-state index contributed by atoms with van der Waals surface area (Å²) in [4.78, 5) is 40.7. The molecule has 2 atom stereocenters. The minimum Gasteiger partial charge on any atom is -0.395 e. The molecule has 1 aliphatic heterocycles. The Bertz CT molecular complexity index is 1480. The predicted molar refractivity (Wildman–Crippen MR) is 155 cm³/mol. The van der Waals surface area contributed by atoms with Crippen molar-refractivity contribution in [1.29, 1.82) is 0 Å². The second-order valence-electron chi connectivity index (χ2n) is 9.60. The summed E-state index contributed by atoms with van der Waals surface area (Å²) in [5.41, 5.74) is 3.08. The number of rotatable bonds is 11. The number of aliphatic hydroxyl groups excluding tert-OH is 1. The average molecular weight is 563 g/mol. The molecule has 12 heteroatoms. The van der Waals surface area contributed by atoms with E-state index in [1.54, 1.807) is 41.2 Å². The largest absolute Gasteiger partial charge is 0.395 e. The van der Waals surface area contributed by atoms with Crippen molar-refractivity contribution < 1.29 is 14.7 Å². The van der Waals surface area contributed by atoms with Gasteiger partial charge in [0.05, 0.1) is 40.7 Å². The SMILES string of the molecule is CCN(CC)[C@@H](CO)CNC(=O)c1cc(-c2cnn3ccc(-c4cccs4)nc23)nc(N2CC[C@H]2C(=O)NC)c1. The minimum absolute atomic E-state index is 0.0585. The van der Waals surface area contributed by atoms with E-state index in [2.05, 4.69) is 20.6 Å². The van der Waals surface area contributed by atoms with Gasteiger partial charge < -0.3 is 20.6 Å². The topological polar surface area (TPSA) is 128 Å². The standard InChI is InChI=1S/C28H34N8O3S/c1-4-34(5-2)19(17-37)15-30-27(38)18-13-22(32-25(14-18)35-10-9-23(35)28(39)29-3)20-16-31-36-11-8-21(33-26(20)36)24-7-6-12-40-24/h6-8,11-14,16,19,23,37H,4-5,9-10,15,17H2,1-3H3,(H,29,39)(H,30,38)/t19-,23+/m1/s1. The van der Waals surface area contributed by atoms with Gasteiger partial charge in [0.25, 0.3) is 5.91 Å². The molecular weight excluding hydrogens is 528 g/mol. The van der Waals surface area contributed by atoms with Crippen molar-refractivity contribution in [3.8, 4) is 21.8 Å². The van der Waals surface area contributed by atoms with Crippen LogP contribution in [0.3, 0.4) is 0 Å². The molecule has 1 aliphatic rings. The van der Waals surface area contributed by atoms with Crippen molar-refractivity contribution in [1.82, 2.24) is 35.1 Å². The maximum absolute atomic E-state index is 13.4. The number of aromatic nitrogens is 4. The predicted octanol–water partition coefficient (Wildman–Crippen LogP) is 2.28. The maximum Gasteiger partial charge on any atom is 0.251 e. The van der Waals surface area contributed by atoms with Crippen LogP contribution in [0.1, 0.15) is 30.6 Å². The Kier molecular flexibility index (Phi) is 8.38. The molecule has 1 saturated heterocycles. The van der Waals surface area contributed by atoms with E-state index in [-0.39, 0.29) is 30.5 Å². The zero-order valence-electron chi connectivity index (χ0n) is 22.9. The fraction of sp³-hybridized carbons (Fsp3) is 0.393. The number of pyridine rings is 1. The number of likely N-dealkylation sites (N-methyl/N-ethyl adjacent to an activating group) is 2. The van der Waals surface area contributed by atoms with Gasteiger partial charge >= 0.3 is 0 Å². The highest BCUT2D eigenvalue weighted by Crippen LogP contribution is 2.31. The second-order valence-corrected chi connectivity index (χ2v) is 10.5. The zero-order valence-corrected chi connectivity index (χ0v) is 23.7. The van der Waals surface area contributed by atoms with Gasteiger partial charge in [-0.2, -0.15) is 5.10 Å². The Morgan fingerprint density at radius 1 is 1.20 bits per heavy atom. The van der Waals surface area contributed by atoms with Crippen molar-refractivity contribution >= 4 is 34.6 Å². The number of carbonyl (C=O) groups is 2. The Morgan fingerprint density at radius 2 is 2.02 bits per heavy atom. The average Bonchev–Trinajstić information content (AvgIpc) is 3.64. The van der Waals surface area contributed by atoms with E-state index in [1.807, 2.05) is 48.5 Å². The first-order valence-electron chi connectivity index (χ1n) is 13.5.